The zero-order valence-corrected chi connectivity index (χ0v) is 12.7. The molecule has 0 saturated carbocycles. The smallest absolute Gasteiger partial charge is 0.244 e. The van der Waals surface area contributed by atoms with Crippen LogP contribution in [0.2, 0.25) is 0 Å². The van der Waals surface area contributed by atoms with Gasteiger partial charge in [-0.15, -0.1) is 0 Å². The molecule has 1 N–H and O–H groups in total. The average molecular weight is 289 g/mol. The van der Waals surface area contributed by atoms with Gasteiger partial charge in [0.2, 0.25) is 5.91 Å². The van der Waals surface area contributed by atoms with E-state index >= 15 is 0 Å². The van der Waals surface area contributed by atoms with Crippen molar-refractivity contribution < 1.29 is 4.79 Å². The topological polar surface area (TPSA) is 45.2 Å². The Morgan fingerprint density at radius 3 is 2.90 bits per heavy atom. The molecule has 1 unspecified atom stereocenters. The lowest BCUT2D eigenvalue weighted by atomic mass is 10.2. The first-order valence-corrected chi connectivity index (χ1v) is 7.87. The summed E-state index contributed by atoms with van der Waals surface area (Å²) in [5.41, 5.74) is 2.22. The molecule has 1 aromatic carbocycles. The minimum absolute atomic E-state index is 0.179. The Morgan fingerprint density at radius 1 is 1.40 bits per heavy atom. The highest BCUT2D eigenvalue weighted by atomic mass is 32.1. The second-order valence-electron chi connectivity index (χ2n) is 5.39. The van der Waals surface area contributed by atoms with Crippen molar-refractivity contribution >= 4 is 32.6 Å². The summed E-state index contributed by atoms with van der Waals surface area (Å²) in [7, 11) is 0. The summed E-state index contributed by atoms with van der Waals surface area (Å²) < 4.78 is 1.16. The molecule has 20 heavy (non-hydrogen) atoms. The first-order valence-electron chi connectivity index (χ1n) is 7.06. The molecule has 1 aliphatic heterocycles. The SMILES string of the molecule is Cc1ccc2nc(NC(C)C(=O)N3CCCC3)sc2c1. The Labute approximate surface area is 122 Å². The number of benzene rings is 1. The van der Waals surface area contributed by atoms with E-state index in [1.54, 1.807) is 11.3 Å². The molecule has 106 valence electrons. The highest BCUT2D eigenvalue weighted by molar-refractivity contribution is 7.22. The Morgan fingerprint density at radius 2 is 2.15 bits per heavy atom. The van der Waals surface area contributed by atoms with Crippen molar-refractivity contribution in [3.8, 4) is 0 Å². The van der Waals surface area contributed by atoms with Crippen molar-refractivity contribution in [2.75, 3.05) is 18.4 Å². The Balaban J connectivity index is 1.73. The van der Waals surface area contributed by atoms with Gasteiger partial charge in [0, 0.05) is 13.1 Å². The summed E-state index contributed by atoms with van der Waals surface area (Å²) in [6, 6.07) is 6.00. The molecule has 1 amide bonds. The van der Waals surface area contributed by atoms with E-state index in [-0.39, 0.29) is 11.9 Å². The zero-order chi connectivity index (χ0) is 14.1. The van der Waals surface area contributed by atoms with Gasteiger partial charge in [-0.2, -0.15) is 0 Å². The Kier molecular flexibility index (Phi) is 3.61. The van der Waals surface area contributed by atoms with Gasteiger partial charge < -0.3 is 10.2 Å². The van der Waals surface area contributed by atoms with Crippen LogP contribution in [0.4, 0.5) is 5.13 Å². The molecule has 1 aliphatic rings. The van der Waals surface area contributed by atoms with Gasteiger partial charge in [-0.25, -0.2) is 4.98 Å². The quantitative estimate of drug-likeness (QED) is 0.944. The van der Waals surface area contributed by atoms with E-state index in [1.165, 1.54) is 5.56 Å². The van der Waals surface area contributed by atoms with E-state index in [0.717, 1.165) is 41.3 Å². The molecule has 0 aliphatic carbocycles. The number of rotatable bonds is 3. The minimum atomic E-state index is -0.213. The molecule has 1 saturated heterocycles. The van der Waals surface area contributed by atoms with Crippen LogP contribution in [-0.4, -0.2) is 34.9 Å². The average Bonchev–Trinajstić information content (AvgIpc) is 3.05. The molecule has 1 aromatic heterocycles. The maximum absolute atomic E-state index is 12.3. The van der Waals surface area contributed by atoms with Crippen LogP contribution in [0.5, 0.6) is 0 Å². The molecule has 0 bridgehead atoms. The van der Waals surface area contributed by atoms with E-state index in [1.807, 2.05) is 17.9 Å². The summed E-state index contributed by atoms with van der Waals surface area (Å²) in [5, 5.41) is 4.07. The van der Waals surface area contributed by atoms with Gasteiger partial charge >= 0.3 is 0 Å². The third-order valence-corrected chi connectivity index (χ3v) is 4.62. The van der Waals surface area contributed by atoms with Crippen LogP contribution in [-0.2, 0) is 4.79 Å². The summed E-state index contributed by atoms with van der Waals surface area (Å²) in [4.78, 5) is 18.7. The van der Waals surface area contributed by atoms with Gasteiger partial charge in [0.05, 0.1) is 10.2 Å². The van der Waals surface area contributed by atoms with Crippen molar-refractivity contribution in [1.82, 2.24) is 9.88 Å². The van der Waals surface area contributed by atoms with Crippen molar-refractivity contribution in [2.24, 2.45) is 0 Å². The normalized spacial score (nSPS) is 16.6. The van der Waals surface area contributed by atoms with Gasteiger partial charge in [-0.1, -0.05) is 17.4 Å². The van der Waals surface area contributed by atoms with Crippen molar-refractivity contribution in [2.45, 2.75) is 32.7 Å². The molecule has 4 nitrogen and oxygen atoms in total. The maximum Gasteiger partial charge on any atom is 0.244 e. The van der Waals surface area contributed by atoms with Gasteiger partial charge in [-0.3, -0.25) is 4.79 Å². The highest BCUT2D eigenvalue weighted by Crippen LogP contribution is 2.27. The van der Waals surface area contributed by atoms with E-state index in [2.05, 4.69) is 29.4 Å². The first-order chi connectivity index (χ1) is 9.63. The number of hydrogen-bond donors (Lipinski definition) is 1. The first kappa shape index (κ1) is 13.4. The van der Waals surface area contributed by atoms with Crippen molar-refractivity contribution in [1.29, 1.82) is 0 Å². The van der Waals surface area contributed by atoms with Crippen LogP contribution >= 0.6 is 11.3 Å². The lowest BCUT2D eigenvalue weighted by molar-refractivity contribution is -0.130. The van der Waals surface area contributed by atoms with Gasteiger partial charge in [0.25, 0.3) is 0 Å². The number of fused-ring (bicyclic) bond motifs is 1. The number of hydrogen-bond acceptors (Lipinski definition) is 4. The fraction of sp³-hybridized carbons (Fsp3) is 0.467. The van der Waals surface area contributed by atoms with E-state index in [4.69, 9.17) is 0 Å². The number of aromatic nitrogens is 1. The van der Waals surface area contributed by atoms with Gasteiger partial charge in [0.15, 0.2) is 5.13 Å². The number of thiazole rings is 1. The Hall–Kier alpha value is -1.62. The van der Waals surface area contributed by atoms with Crippen molar-refractivity contribution in [3.63, 3.8) is 0 Å². The number of carbonyl (C=O) groups excluding carboxylic acids is 1. The number of likely N-dealkylation sites (tertiary alicyclic amines) is 1. The maximum atomic E-state index is 12.3. The van der Waals surface area contributed by atoms with Crippen LogP contribution in [0.1, 0.15) is 25.3 Å². The lowest BCUT2D eigenvalue weighted by Crippen LogP contribution is -2.39. The number of nitrogens with one attached hydrogen (secondary N) is 1. The summed E-state index contributed by atoms with van der Waals surface area (Å²) in [6.45, 7) is 5.78. The third-order valence-electron chi connectivity index (χ3n) is 3.67. The van der Waals surface area contributed by atoms with Crippen LogP contribution in [0.25, 0.3) is 10.2 Å². The standard InChI is InChI=1S/C15H19N3OS/c1-10-5-6-12-13(9-10)20-15(17-12)16-11(2)14(19)18-7-3-4-8-18/h5-6,9,11H,3-4,7-8H2,1-2H3,(H,16,17). The number of amides is 1. The molecular formula is C15H19N3OS. The minimum Gasteiger partial charge on any atom is -0.350 e. The number of anilines is 1. The molecular weight excluding hydrogens is 270 g/mol. The predicted molar refractivity (Wildman–Crippen MR) is 83.3 cm³/mol. The number of nitrogens with zero attached hydrogens (tertiary/aromatic N) is 2. The van der Waals surface area contributed by atoms with Gasteiger partial charge in [-0.05, 0) is 44.4 Å². The largest absolute Gasteiger partial charge is 0.350 e. The van der Waals surface area contributed by atoms with E-state index in [9.17, 15) is 4.79 Å². The summed E-state index contributed by atoms with van der Waals surface area (Å²) in [6.07, 6.45) is 2.25. The van der Waals surface area contributed by atoms with Crippen LogP contribution in [0.3, 0.4) is 0 Å². The molecule has 5 heteroatoms. The molecule has 2 aromatic rings. The molecule has 2 heterocycles. The fourth-order valence-corrected chi connectivity index (χ4v) is 3.60. The predicted octanol–water partition coefficient (Wildman–Crippen LogP) is 3.03. The highest BCUT2D eigenvalue weighted by Gasteiger charge is 2.23. The van der Waals surface area contributed by atoms with E-state index in [0.29, 0.717) is 0 Å². The molecule has 0 radical (unpaired) electrons. The lowest BCUT2D eigenvalue weighted by Gasteiger charge is -2.20. The van der Waals surface area contributed by atoms with Crippen molar-refractivity contribution in [3.05, 3.63) is 23.8 Å². The number of aryl methyl sites for hydroxylation is 1. The van der Waals surface area contributed by atoms with Crippen LogP contribution in [0, 0.1) is 6.92 Å². The molecule has 0 spiro atoms. The summed E-state index contributed by atoms with van der Waals surface area (Å²) >= 11 is 1.61. The van der Waals surface area contributed by atoms with Crippen LogP contribution < -0.4 is 5.32 Å². The second-order valence-corrected chi connectivity index (χ2v) is 6.42. The summed E-state index contributed by atoms with van der Waals surface area (Å²) in [5.74, 6) is 0.179. The van der Waals surface area contributed by atoms with E-state index < -0.39 is 0 Å². The Bertz CT molecular complexity index is 631. The molecule has 1 atom stereocenters. The zero-order valence-electron chi connectivity index (χ0n) is 11.8. The third kappa shape index (κ3) is 2.63. The fourth-order valence-electron chi connectivity index (χ4n) is 2.55. The molecule has 1 fully saturated rings. The second kappa shape index (κ2) is 5.40. The van der Waals surface area contributed by atoms with Gasteiger partial charge in [0.1, 0.15) is 6.04 Å². The number of carbonyl (C=O) groups is 1. The van der Waals surface area contributed by atoms with Crippen LogP contribution in [0.15, 0.2) is 18.2 Å². The monoisotopic (exact) mass is 289 g/mol. The molecule has 3 rings (SSSR count).